The fourth-order valence-corrected chi connectivity index (χ4v) is 3.59. The summed E-state index contributed by atoms with van der Waals surface area (Å²) in [5.41, 5.74) is 2.39. The van der Waals surface area contributed by atoms with Gasteiger partial charge in [-0.2, -0.15) is 0 Å². The lowest BCUT2D eigenvalue weighted by atomic mass is 9.98. The summed E-state index contributed by atoms with van der Waals surface area (Å²) in [6.07, 6.45) is 3.63. The third-order valence-corrected chi connectivity index (χ3v) is 5.10. The Morgan fingerprint density at radius 1 is 0.786 bits per heavy atom. The van der Waals surface area contributed by atoms with Crippen LogP contribution in [0.15, 0.2) is 72.8 Å². The van der Waals surface area contributed by atoms with Crippen LogP contribution in [-0.4, -0.2) is 29.2 Å². The van der Waals surface area contributed by atoms with E-state index in [-0.39, 0.29) is 11.9 Å². The van der Waals surface area contributed by atoms with E-state index < -0.39 is 0 Å². The van der Waals surface area contributed by atoms with Crippen LogP contribution >= 0.6 is 0 Å². The molecule has 1 N–H and O–H groups in total. The average molecular weight is 372 g/mol. The van der Waals surface area contributed by atoms with Crippen LogP contribution in [0.25, 0.3) is 0 Å². The molecule has 0 unspecified atom stereocenters. The fraction of sp³-hybridized carbons (Fsp3) is 0.261. The molecule has 1 aliphatic heterocycles. The van der Waals surface area contributed by atoms with Gasteiger partial charge in [0.1, 0.15) is 0 Å². The number of hydrogen-bond acceptors (Lipinski definition) is 4. The standard InChI is InChI=1S/C23H24N4O/c28-23(20-14-15-21(26-25-20)27-16-8-3-9-17-27)24-22(18-10-4-1-5-11-18)19-12-6-2-7-13-19/h1-2,4-7,10-15,22H,3,8-9,16-17H2,(H,24,28). The summed E-state index contributed by atoms with van der Waals surface area (Å²) in [5.74, 6) is 0.620. The molecule has 142 valence electrons. The van der Waals surface area contributed by atoms with E-state index in [2.05, 4.69) is 20.4 Å². The van der Waals surface area contributed by atoms with Gasteiger partial charge in [0.05, 0.1) is 6.04 Å². The van der Waals surface area contributed by atoms with Gasteiger partial charge in [-0.15, -0.1) is 10.2 Å². The molecule has 1 saturated heterocycles. The first-order chi connectivity index (χ1) is 13.8. The zero-order valence-corrected chi connectivity index (χ0v) is 15.8. The van der Waals surface area contributed by atoms with Crippen molar-refractivity contribution in [3.63, 3.8) is 0 Å². The molecule has 1 aromatic heterocycles. The van der Waals surface area contributed by atoms with E-state index in [1.165, 1.54) is 19.3 Å². The molecule has 2 heterocycles. The topological polar surface area (TPSA) is 58.1 Å². The van der Waals surface area contributed by atoms with Gasteiger partial charge in [0.2, 0.25) is 0 Å². The molecular weight excluding hydrogens is 348 g/mol. The third-order valence-electron chi connectivity index (χ3n) is 5.10. The molecule has 0 atom stereocenters. The average Bonchev–Trinajstić information content (AvgIpc) is 2.79. The zero-order valence-electron chi connectivity index (χ0n) is 15.8. The van der Waals surface area contributed by atoms with E-state index in [1.807, 2.05) is 66.7 Å². The predicted molar refractivity (Wildman–Crippen MR) is 110 cm³/mol. The lowest BCUT2D eigenvalue weighted by Crippen LogP contribution is -2.32. The van der Waals surface area contributed by atoms with E-state index in [9.17, 15) is 4.79 Å². The summed E-state index contributed by atoms with van der Waals surface area (Å²) in [7, 11) is 0. The second-order valence-electron chi connectivity index (χ2n) is 7.05. The zero-order chi connectivity index (χ0) is 19.2. The van der Waals surface area contributed by atoms with E-state index in [1.54, 1.807) is 6.07 Å². The van der Waals surface area contributed by atoms with Crippen LogP contribution in [0, 0.1) is 0 Å². The molecule has 5 nitrogen and oxygen atoms in total. The summed E-state index contributed by atoms with van der Waals surface area (Å²) in [4.78, 5) is 15.1. The number of hydrogen-bond donors (Lipinski definition) is 1. The number of aromatic nitrogens is 2. The summed E-state index contributed by atoms with van der Waals surface area (Å²) in [5, 5.41) is 11.6. The Kier molecular flexibility index (Phi) is 5.61. The maximum Gasteiger partial charge on any atom is 0.272 e. The molecule has 0 saturated carbocycles. The Hall–Kier alpha value is -3.21. The first kappa shape index (κ1) is 18.2. The predicted octanol–water partition coefficient (Wildman–Crippen LogP) is 3.99. The van der Waals surface area contributed by atoms with Crippen molar-refractivity contribution in [1.82, 2.24) is 15.5 Å². The smallest absolute Gasteiger partial charge is 0.272 e. The lowest BCUT2D eigenvalue weighted by molar-refractivity contribution is 0.0937. The van der Waals surface area contributed by atoms with E-state index in [0.29, 0.717) is 5.69 Å². The molecule has 2 aromatic carbocycles. The van der Waals surface area contributed by atoms with Gasteiger partial charge in [-0.1, -0.05) is 60.7 Å². The number of carbonyl (C=O) groups is 1. The molecule has 0 spiro atoms. The Balaban J connectivity index is 1.53. The van der Waals surface area contributed by atoms with Crippen molar-refractivity contribution in [2.75, 3.05) is 18.0 Å². The van der Waals surface area contributed by atoms with Crippen molar-refractivity contribution in [3.05, 3.63) is 89.6 Å². The second-order valence-corrected chi connectivity index (χ2v) is 7.05. The highest BCUT2D eigenvalue weighted by Gasteiger charge is 2.19. The Morgan fingerprint density at radius 3 is 1.93 bits per heavy atom. The van der Waals surface area contributed by atoms with Crippen molar-refractivity contribution in [1.29, 1.82) is 0 Å². The fourth-order valence-electron chi connectivity index (χ4n) is 3.59. The van der Waals surface area contributed by atoms with Crippen LogP contribution in [-0.2, 0) is 0 Å². The Morgan fingerprint density at radius 2 is 1.39 bits per heavy atom. The minimum Gasteiger partial charge on any atom is -0.355 e. The molecule has 28 heavy (non-hydrogen) atoms. The van der Waals surface area contributed by atoms with Crippen molar-refractivity contribution in [2.45, 2.75) is 25.3 Å². The molecule has 1 fully saturated rings. The van der Waals surface area contributed by atoms with Gasteiger partial charge in [-0.05, 0) is 42.5 Å². The van der Waals surface area contributed by atoms with Gasteiger partial charge >= 0.3 is 0 Å². The van der Waals surface area contributed by atoms with Crippen molar-refractivity contribution < 1.29 is 4.79 Å². The molecule has 0 radical (unpaired) electrons. The first-order valence-electron chi connectivity index (χ1n) is 9.81. The minimum atomic E-state index is -0.238. The van der Waals surface area contributed by atoms with Gasteiger partial charge in [-0.3, -0.25) is 4.79 Å². The van der Waals surface area contributed by atoms with Gasteiger partial charge in [0.15, 0.2) is 11.5 Å². The number of anilines is 1. The number of carbonyl (C=O) groups excluding carboxylic acids is 1. The number of rotatable bonds is 5. The minimum absolute atomic E-state index is 0.226. The highest BCUT2D eigenvalue weighted by molar-refractivity contribution is 5.92. The maximum atomic E-state index is 12.9. The van der Waals surface area contributed by atoms with Crippen LogP contribution < -0.4 is 10.2 Å². The quantitative estimate of drug-likeness (QED) is 0.736. The number of benzene rings is 2. The highest BCUT2D eigenvalue weighted by atomic mass is 16.2. The molecule has 1 aliphatic rings. The number of nitrogens with zero attached hydrogens (tertiary/aromatic N) is 3. The number of piperidine rings is 1. The molecular formula is C23H24N4O. The molecule has 5 heteroatoms. The Bertz CT molecular complexity index is 851. The first-order valence-corrected chi connectivity index (χ1v) is 9.81. The Labute approximate surface area is 165 Å². The van der Waals surface area contributed by atoms with Crippen LogP contribution in [0.1, 0.15) is 46.9 Å². The van der Waals surface area contributed by atoms with Gasteiger partial charge in [0, 0.05) is 13.1 Å². The molecule has 0 aliphatic carbocycles. The number of amides is 1. The molecule has 4 rings (SSSR count). The largest absolute Gasteiger partial charge is 0.355 e. The highest BCUT2D eigenvalue weighted by Crippen LogP contribution is 2.22. The third kappa shape index (κ3) is 4.19. The van der Waals surface area contributed by atoms with Crippen molar-refractivity contribution in [3.8, 4) is 0 Å². The monoisotopic (exact) mass is 372 g/mol. The molecule has 3 aromatic rings. The summed E-state index contributed by atoms with van der Waals surface area (Å²) in [6.45, 7) is 2.01. The van der Waals surface area contributed by atoms with Gasteiger partial charge in [-0.25, -0.2) is 0 Å². The second kappa shape index (κ2) is 8.65. The lowest BCUT2D eigenvalue weighted by Gasteiger charge is -2.27. The van der Waals surface area contributed by atoms with E-state index >= 15 is 0 Å². The van der Waals surface area contributed by atoms with E-state index in [4.69, 9.17) is 0 Å². The summed E-state index contributed by atoms with van der Waals surface area (Å²) < 4.78 is 0. The van der Waals surface area contributed by atoms with Gasteiger partial charge in [0.25, 0.3) is 5.91 Å². The normalized spacial score (nSPS) is 14.1. The van der Waals surface area contributed by atoms with Crippen molar-refractivity contribution >= 4 is 11.7 Å². The number of nitrogens with one attached hydrogen (secondary N) is 1. The van der Waals surface area contributed by atoms with E-state index in [0.717, 1.165) is 30.0 Å². The van der Waals surface area contributed by atoms with Gasteiger partial charge < -0.3 is 10.2 Å². The van der Waals surface area contributed by atoms with Crippen molar-refractivity contribution in [2.24, 2.45) is 0 Å². The maximum absolute atomic E-state index is 12.9. The van der Waals surface area contributed by atoms with Crippen LogP contribution in [0.2, 0.25) is 0 Å². The van der Waals surface area contributed by atoms with Crippen LogP contribution in [0.4, 0.5) is 5.82 Å². The molecule has 1 amide bonds. The SMILES string of the molecule is O=C(NC(c1ccccc1)c1ccccc1)c1ccc(N2CCCCC2)nn1. The summed E-state index contributed by atoms with van der Waals surface area (Å²) in [6, 6.07) is 23.3. The van der Waals surface area contributed by atoms with Crippen LogP contribution in [0.3, 0.4) is 0 Å². The summed E-state index contributed by atoms with van der Waals surface area (Å²) >= 11 is 0. The van der Waals surface area contributed by atoms with Crippen LogP contribution in [0.5, 0.6) is 0 Å². The molecule has 0 bridgehead atoms.